The molecule has 8 heteroatoms. The van der Waals surface area contributed by atoms with Gasteiger partial charge in [-0.3, -0.25) is 4.98 Å². The van der Waals surface area contributed by atoms with E-state index in [1.54, 1.807) is 37.6 Å². The summed E-state index contributed by atoms with van der Waals surface area (Å²) in [4.78, 5) is 12.5. The highest BCUT2D eigenvalue weighted by Crippen LogP contribution is 2.29. The van der Waals surface area contributed by atoms with E-state index < -0.39 is 9.84 Å². The maximum Gasteiger partial charge on any atom is 0.175 e. The smallest absolute Gasteiger partial charge is 0.175 e. The zero-order valence-corrected chi connectivity index (χ0v) is 16.6. The minimum Gasteiger partial charge on any atom is -0.497 e. The molecular formula is C21H18N4O3S. The standard InChI is InChI=1S/C21H18N4O3S/c1-28-15-5-8-18-19(10-15)25-21(24-18)17-9-14(12-23-20(17)11-22)13-3-6-16(7-4-13)29(2,26)27/h3-12,22H,1-2H3,(H,24,25). The first-order chi connectivity index (χ1) is 13.9. The van der Waals surface area contributed by atoms with Crippen LogP contribution in [0.1, 0.15) is 5.69 Å². The van der Waals surface area contributed by atoms with Crippen molar-refractivity contribution in [3.05, 3.63) is 60.4 Å². The van der Waals surface area contributed by atoms with Crippen molar-refractivity contribution in [2.24, 2.45) is 0 Å². The third-order valence-electron chi connectivity index (χ3n) is 4.62. The molecule has 2 heterocycles. The number of nitrogens with zero attached hydrogens (tertiary/aromatic N) is 2. The maximum atomic E-state index is 11.7. The van der Waals surface area contributed by atoms with Crippen LogP contribution >= 0.6 is 0 Å². The average molecular weight is 406 g/mol. The fourth-order valence-corrected chi connectivity index (χ4v) is 3.71. The number of H-pyrrole nitrogens is 1. The second kappa shape index (κ2) is 7.14. The summed E-state index contributed by atoms with van der Waals surface area (Å²) in [6, 6.07) is 14.1. The molecule has 0 aliphatic carbocycles. The monoisotopic (exact) mass is 406 g/mol. The van der Waals surface area contributed by atoms with Gasteiger partial charge in [-0.25, -0.2) is 13.4 Å². The number of aromatic nitrogens is 3. The third-order valence-corrected chi connectivity index (χ3v) is 5.74. The quantitative estimate of drug-likeness (QED) is 0.491. The summed E-state index contributed by atoms with van der Waals surface area (Å²) in [5, 5.41) is 7.69. The van der Waals surface area contributed by atoms with Gasteiger partial charge in [-0.15, -0.1) is 0 Å². The van der Waals surface area contributed by atoms with E-state index in [2.05, 4.69) is 15.0 Å². The van der Waals surface area contributed by atoms with Crippen molar-refractivity contribution in [3.63, 3.8) is 0 Å². The van der Waals surface area contributed by atoms with Gasteiger partial charge < -0.3 is 15.1 Å². The molecule has 0 atom stereocenters. The Morgan fingerprint density at radius 3 is 2.48 bits per heavy atom. The summed E-state index contributed by atoms with van der Waals surface area (Å²) in [6.45, 7) is 0. The molecule has 0 aliphatic heterocycles. The van der Waals surface area contributed by atoms with Gasteiger partial charge in [0.05, 0.1) is 28.7 Å². The Balaban J connectivity index is 1.81. The number of methoxy groups -OCH3 is 1. The van der Waals surface area contributed by atoms with E-state index in [0.717, 1.165) is 27.9 Å². The number of fused-ring (bicyclic) bond motifs is 1. The lowest BCUT2D eigenvalue weighted by atomic mass is 10.0. The first kappa shape index (κ1) is 18.8. The second-order valence-corrected chi connectivity index (χ2v) is 8.58. The minimum absolute atomic E-state index is 0.261. The molecule has 0 aliphatic rings. The second-order valence-electron chi connectivity index (χ2n) is 6.57. The highest BCUT2D eigenvalue weighted by Gasteiger charge is 2.13. The van der Waals surface area contributed by atoms with E-state index in [9.17, 15) is 8.42 Å². The van der Waals surface area contributed by atoms with Crippen LogP contribution in [0.2, 0.25) is 0 Å². The fraction of sp³-hybridized carbons (Fsp3) is 0.0952. The molecule has 0 spiro atoms. The molecule has 0 saturated heterocycles. The van der Waals surface area contributed by atoms with E-state index in [0.29, 0.717) is 17.1 Å². The number of hydrogen-bond donors (Lipinski definition) is 2. The lowest BCUT2D eigenvalue weighted by Gasteiger charge is -2.07. The molecule has 0 radical (unpaired) electrons. The van der Waals surface area contributed by atoms with Crippen molar-refractivity contribution < 1.29 is 13.2 Å². The number of pyridine rings is 1. The van der Waals surface area contributed by atoms with E-state index in [1.165, 1.54) is 12.5 Å². The Hall–Kier alpha value is -3.52. The maximum absolute atomic E-state index is 11.7. The summed E-state index contributed by atoms with van der Waals surface area (Å²) >= 11 is 0. The lowest BCUT2D eigenvalue weighted by molar-refractivity contribution is 0.415. The number of imidazole rings is 1. The molecule has 4 rings (SSSR count). The number of ether oxygens (including phenoxy) is 1. The van der Waals surface area contributed by atoms with Gasteiger partial charge in [-0.2, -0.15) is 0 Å². The normalized spacial score (nSPS) is 11.5. The summed E-state index contributed by atoms with van der Waals surface area (Å²) in [7, 11) is -1.65. The zero-order valence-electron chi connectivity index (χ0n) is 15.8. The number of aromatic amines is 1. The van der Waals surface area contributed by atoms with Crippen LogP contribution in [-0.2, 0) is 9.84 Å². The summed E-state index contributed by atoms with van der Waals surface area (Å²) in [5.41, 5.74) is 4.37. The summed E-state index contributed by atoms with van der Waals surface area (Å²) in [5.74, 6) is 1.31. The van der Waals surface area contributed by atoms with Gasteiger partial charge in [0.25, 0.3) is 0 Å². The number of hydrogen-bond acceptors (Lipinski definition) is 6. The van der Waals surface area contributed by atoms with E-state index in [4.69, 9.17) is 10.1 Å². The van der Waals surface area contributed by atoms with E-state index in [1.807, 2.05) is 24.3 Å². The zero-order chi connectivity index (χ0) is 20.6. The Morgan fingerprint density at radius 2 is 1.83 bits per heavy atom. The average Bonchev–Trinajstić information content (AvgIpc) is 3.15. The summed E-state index contributed by atoms with van der Waals surface area (Å²) < 4.78 is 28.6. The van der Waals surface area contributed by atoms with Crippen molar-refractivity contribution in [3.8, 4) is 28.3 Å². The first-order valence-corrected chi connectivity index (χ1v) is 10.6. The molecule has 2 aromatic carbocycles. The van der Waals surface area contributed by atoms with Gasteiger partial charge in [-0.1, -0.05) is 12.1 Å². The molecule has 146 valence electrons. The number of rotatable bonds is 5. The molecule has 0 bridgehead atoms. The summed E-state index contributed by atoms with van der Waals surface area (Å²) in [6.07, 6.45) is 4.02. The highest BCUT2D eigenvalue weighted by molar-refractivity contribution is 7.90. The first-order valence-electron chi connectivity index (χ1n) is 8.74. The van der Waals surface area contributed by atoms with Crippen LogP contribution in [0, 0.1) is 5.41 Å². The predicted molar refractivity (Wildman–Crippen MR) is 112 cm³/mol. The van der Waals surface area contributed by atoms with Crippen molar-refractivity contribution in [2.75, 3.05) is 13.4 Å². The molecule has 0 amide bonds. The fourth-order valence-electron chi connectivity index (χ4n) is 3.08. The van der Waals surface area contributed by atoms with Crippen LogP contribution in [0.25, 0.3) is 33.5 Å². The topological polar surface area (TPSA) is 109 Å². The highest BCUT2D eigenvalue weighted by atomic mass is 32.2. The molecule has 4 aromatic rings. The molecule has 0 unspecified atom stereocenters. The largest absolute Gasteiger partial charge is 0.497 e. The number of sulfone groups is 1. The van der Waals surface area contributed by atoms with Crippen LogP contribution in [0.4, 0.5) is 0 Å². The Kier molecular flexibility index (Phi) is 4.63. The minimum atomic E-state index is -3.25. The number of benzene rings is 2. The van der Waals surface area contributed by atoms with Crippen molar-refractivity contribution in [1.29, 1.82) is 5.41 Å². The third kappa shape index (κ3) is 3.62. The van der Waals surface area contributed by atoms with Crippen molar-refractivity contribution in [2.45, 2.75) is 4.90 Å². The van der Waals surface area contributed by atoms with E-state index >= 15 is 0 Å². The van der Waals surface area contributed by atoms with Gasteiger partial charge in [0.2, 0.25) is 0 Å². The molecular weight excluding hydrogens is 388 g/mol. The SMILES string of the molecule is COc1ccc2nc(-c3cc(-c4ccc(S(C)(=O)=O)cc4)cnc3C=N)[nH]c2c1. The molecule has 0 saturated carbocycles. The molecule has 0 fully saturated rings. The molecule has 7 nitrogen and oxygen atoms in total. The van der Waals surface area contributed by atoms with Gasteiger partial charge >= 0.3 is 0 Å². The number of nitrogens with one attached hydrogen (secondary N) is 2. The van der Waals surface area contributed by atoms with Gasteiger partial charge in [0.1, 0.15) is 11.6 Å². The van der Waals surface area contributed by atoms with Gasteiger partial charge in [0, 0.05) is 35.9 Å². The molecule has 29 heavy (non-hydrogen) atoms. The van der Waals surface area contributed by atoms with Crippen LogP contribution in [0.3, 0.4) is 0 Å². The van der Waals surface area contributed by atoms with Crippen LogP contribution in [0.15, 0.2) is 59.6 Å². The Bertz CT molecular complexity index is 1330. The van der Waals surface area contributed by atoms with E-state index in [-0.39, 0.29) is 4.90 Å². The van der Waals surface area contributed by atoms with Crippen molar-refractivity contribution in [1.82, 2.24) is 15.0 Å². The van der Waals surface area contributed by atoms with Crippen molar-refractivity contribution >= 4 is 27.1 Å². The van der Waals surface area contributed by atoms with Gasteiger partial charge in [-0.05, 0) is 35.9 Å². The predicted octanol–water partition coefficient (Wildman–Crippen LogP) is 3.70. The van der Waals surface area contributed by atoms with Crippen LogP contribution in [-0.4, -0.2) is 42.9 Å². The van der Waals surface area contributed by atoms with Crippen LogP contribution in [0.5, 0.6) is 5.75 Å². The lowest BCUT2D eigenvalue weighted by Crippen LogP contribution is -1.97. The molecule has 2 N–H and O–H groups in total. The van der Waals surface area contributed by atoms with Gasteiger partial charge in [0.15, 0.2) is 9.84 Å². The Morgan fingerprint density at radius 1 is 1.07 bits per heavy atom. The molecule has 2 aromatic heterocycles. The Labute approximate surface area is 167 Å². The van der Waals surface area contributed by atoms with Crippen LogP contribution < -0.4 is 4.74 Å².